The largest absolute Gasteiger partial charge is 0.378 e. The number of aromatic nitrogens is 3. The molecule has 3 heterocycles. The van der Waals surface area contributed by atoms with E-state index in [1.807, 2.05) is 4.90 Å². The maximum Gasteiger partial charge on any atom is 0.226 e. The monoisotopic (exact) mass is 406 g/mol. The Kier molecular flexibility index (Phi) is 4.83. The van der Waals surface area contributed by atoms with Crippen molar-refractivity contribution in [2.24, 2.45) is 0 Å². The summed E-state index contributed by atoms with van der Waals surface area (Å²) in [5, 5.41) is 0. The zero-order valence-corrected chi connectivity index (χ0v) is 16.8. The van der Waals surface area contributed by atoms with Gasteiger partial charge in [0, 0.05) is 30.7 Å². The molecule has 0 atom stereocenters. The molecule has 2 aliphatic rings. The molecule has 4 rings (SSSR count). The fourth-order valence-corrected chi connectivity index (χ4v) is 5.24. The van der Waals surface area contributed by atoms with Crippen molar-refractivity contribution in [1.29, 1.82) is 0 Å². The van der Waals surface area contributed by atoms with Crippen LogP contribution in [-0.2, 0) is 19.3 Å². The minimum atomic E-state index is -3.35. The van der Waals surface area contributed by atoms with Crippen LogP contribution in [0.25, 0.3) is 11.3 Å². The predicted octanol–water partition coefficient (Wildman–Crippen LogP) is 2.25. The van der Waals surface area contributed by atoms with E-state index in [0.29, 0.717) is 62.2 Å². The summed E-state index contributed by atoms with van der Waals surface area (Å²) in [6, 6.07) is 2.96. The van der Waals surface area contributed by atoms with Gasteiger partial charge in [0.05, 0.1) is 30.2 Å². The SMILES string of the molecule is CCS(=O)(=O)C1(c2cc(-c3cnc(C)cc3F)nc(N3CCOCC3)n2)CC1. The molecular formula is C19H23FN4O3S. The summed E-state index contributed by atoms with van der Waals surface area (Å²) >= 11 is 0. The van der Waals surface area contributed by atoms with Gasteiger partial charge in [-0.05, 0) is 31.9 Å². The number of hydrogen-bond acceptors (Lipinski definition) is 7. The molecule has 1 saturated heterocycles. The molecule has 2 aromatic heterocycles. The van der Waals surface area contributed by atoms with Gasteiger partial charge in [-0.2, -0.15) is 0 Å². The van der Waals surface area contributed by atoms with Crippen LogP contribution >= 0.6 is 0 Å². The molecule has 9 heteroatoms. The van der Waals surface area contributed by atoms with Crippen LogP contribution in [0.1, 0.15) is 31.2 Å². The number of ether oxygens (including phenoxy) is 1. The van der Waals surface area contributed by atoms with E-state index in [0.717, 1.165) is 0 Å². The van der Waals surface area contributed by atoms with Gasteiger partial charge in [0.2, 0.25) is 5.95 Å². The van der Waals surface area contributed by atoms with Gasteiger partial charge in [-0.3, -0.25) is 4.98 Å². The van der Waals surface area contributed by atoms with E-state index < -0.39 is 20.4 Å². The maximum absolute atomic E-state index is 14.6. The van der Waals surface area contributed by atoms with Crippen LogP contribution in [0.5, 0.6) is 0 Å². The van der Waals surface area contributed by atoms with Crippen LogP contribution in [0, 0.1) is 12.7 Å². The normalized spacial score (nSPS) is 18.9. The Hall–Kier alpha value is -2.13. The molecule has 0 radical (unpaired) electrons. The molecular weight excluding hydrogens is 383 g/mol. The van der Waals surface area contributed by atoms with Gasteiger partial charge in [-0.15, -0.1) is 0 Å². The predicted molar refractivity (Wildman–Crippen MR) is 103 cm³/mol. The topological polar surface area (TPSA) is 85.3 Å². The van der Waals surface area contributed by atoms with Crippen molar-refractivity contribution in [2.45, 2.75) is 31.4 Å². The summed E-state index contributed by atoms with van der Waals surface area (Å²) < 4.78 is 44.5. The van der Waals surface area contributed by atoms with Crippen molar-refractivity contribution < 1.29 is 17.5 Å². The summed E-state index contributed by atoms with van der Waals surface area (Å²) in [5.41, 5.74) is 1.61. The van der Waals surface area contributed by atoms with Crippen LogP contribution in [0.4, 0.5) is 10.3 Å². The molecule has 1 aliphatic heterocycles. The number of anilines is 1. The number of rotatable bonds is 5. The molecule has 1 aliphatic carbocycles. The zero-order valence-electron chi connectivity index (χ0n) is 16.0. The number of morpholine rings is 1. The number of hydrogen-bond donors (Lipinski definition) is 0. The molecule has 1 saturated carbocycles. The first-order valence-electron chi connectivity index (χ1n) is 9.43. The Morgan fingerprint density at radius 2 is 1.93 bits per heavy atom. The van der Waals surface area contributed by atoms with Crippen LogP contribution in [0.2, 0.25) is 0 Å². The highest BCUT2D eigenvalue weighted by Gasteiger charge is 2.56. The minimum absolute atomic E-state index is 0.0413. The van der Waals surface area contributed by atoms with Gasteiger partial charge in [0.1, 0.15) is 10.6 Å². The molecule has 28 heavy (non-hydrogen) atoms. The molecule has 2 fully saturated rings. The Morgan fingerprint density at radius 3 is 2.54 bits per heavy atom. The minimum Gasteiger partial charge on any atom is -0.378 e. The van der Waals surface area contributed by atoms with E-state index in [9.17, 15) is 12.8 Å². The average Bonchev–Trinajstić information content (AvgIpc) is 3.51. The van der Waals surface area contributed by atoms with Crippen LogP contribution in [-0.4, -0.2) is 55.4 Å². The molecule has 0 N–H and O–H groups in total. The first-order valence-corrected chi connectivity index (χ1v) is 11.1. The molecule has 0 spiro atoms. The van der Waals surface area contributed by atoms with Crippen molar-refractivity contribution in [3.8, 4) is 11.3 Å². The van der Waals surface area contributed by atoms with Gasteiger partial charge in [-0.25, -0.2) is 22.8 Å². The lowest BCUT2D eigenvalue weighted by Crippen LogP contribution is -2.38. The van der Waals surface area contributed by atoms with Crippen LogP contribution in [0.15, 0.2) is 18.3 Å². The third-order valence-corrected chi connectivity index (χ3v) is 7.99. The van der Waals surface area contributed by atoms with Crippen molar-refractivity contribution in [2.75, 3.05) is 37.0 Å². The number of aryl methyl sites for hydroxylation is 1. The smallest absolute Gasteiger partial charge is 0.226 e. The van der Waals surface area contributed by atoms with E-state index >= 15 is 0 Å². The van der Waals surface area contributed by atoms with Crippen molar-refractivity contribution in [1.82, 2.24) is 15.0 Å². The van der Waals surface area contributed by atoms with Gasteiger partial charge >= 0.3 is 0 Å². The van der Waals surface area contributed by atoms with Crippen molar-refractivity contribution in [3.05, 3.63) is 35.5 Å². The fraction of sp³-hybridized carbons (Fsp3) is 0.526. The highest BCUT2D eigenvalue weighted by atomic mass is 32.2. The van der Waals surface area contributed by atoms with E-state index in [1.165, 1.54) is 12.3 Å². The first kappa shape index (κ1) is 19.2. The molecule has 0 amide bonds. The summed E-state index contributed by atoms with van der Waals surface area (Å²) in [6.07, 6.45) is 2.49. The Morgan fingerprint density at radius 1 is 1.21 bits per heavy atom. The van der Waals surface area contributed by atoms with Gasteiger partial charge < -0.3 is 9.64 Å². The van der Waals surface area contributed by atoms with Crippen LogP contribution < -0.4 is 4.90 Å². The van der Waals surface area contributed by atoms with Gasteiger partial charge in [0.25, 0.3) is 0 Å². The number of halogens is 1. The fourth-order valence-electron chi connectivity index (χ4n) is 3.54. The Bertz CT molecular complexity index is 1000. The number of sulfone groups is 1. The second-order valence-corrected chi connectivity index (χ2v) is 9.83. The average molecular weight is 406 g/mol. The number of pyridine rings is 1. The molecule has 0 unspecified atom stereocenters. The van der Waals surface area contributed by atoms with Crippen LogP contribution in [0.3, 0.4) is 0 Å². The van der Waals surface area contributed by atoms with Crippen molar-refractivity contribution in [3.63, 3.8) is 0 Å². The first-order chi connectivity index (χ1) is 13.4. The van der Waals surface area contributed by atoms with E-state index in [1.54, 1.807) is 19.9 Å². The highest BCUT2D eigenvalue weighted by Crippen LogP contribution is 2.53. The lowest BCUT2D eigenvalue weighted by Gasteiger charge is -2.28. The molecule has 7 nitrogen and oxygen atoms in total. The highest BCUT2D eigenvalue weighted by molar-refractivity contribution is 7.92. The molecule has 0 aromatic carbocycles. The summed E-state index contributed by atoms with van der Waals surface area (Å²) in [4.78, 5) is 15.3. The van der Waals surface area contributed by atoms with E-state index in [2.05, 4.69) is 15.0 Å². The Balaban J connectivity index is 1.87. The summed E-state index contributed by atoms with van der Waals surface area (Å²) in [5.74, 6) is 0.0151. The Labute approximate surface area is 163 Å². The summed E-state index contributed by atoms with van der Waals surface area (Å²) in [6.45, 7) is 5.65. The second kappa shape index (κ2) is 7.04. The maximum atomic E-state index is 14.6. The number of nitrogens with zero attached hydrogens (tertiary/aromatic N) is 4. The van der Waals surface area contributed by atoms with E-state index in [-0.39, 0.29) is 11.3 Å². The molecule has 150 valence electrons. The third-order valence-electron chi connectivity index (χ3n) is 5.42. The molecule has 2 aromatic rings. The lowest BCUT2D eigenvalue weighted by atomic mass is 10.1. The van der Waals surface area contributed by atoms with Crippen molar-refractivity contribution >= 4 is 15.8 Å². The second-order valence-electron chi connectivity index (χ2n) is 7.24. The molecule has 0 bridgehead atoms. The standard InChI is InChI=1S/C19H23FN4O3S/c1-3-28(25,26)19(4-5-19)17-11-16(14-12-21-13(2)10-15(14)20)22-18(23-17)24-6-8-27-9-7-24/h10-12H,3-9H2,1-2H3. The zero-order chi connectivity index (χ0) is 19.9. The van der Waals surface area contributed by atoms with E-state index in [4.69, 9.17) is 4.74 Å². The van der Waals surface area contributed by atoms with Gasteiger partial charge in [-0.1, -0.05) is 6.92 Å². The lowest BCUT2D eigenvalue weighted by molar-refractivity contribution is 0.122. The van der Waals surface area contributed by atoms with Gasteiger partial charge in [0.15, 0.2) is 9.84 Å². The quantitative estimate of drug-likeness (QED) is 0.753. The summed E-state index contributed by atoms with van der Waals surface area (Å²) in [7, 11) is -3.35. The third kappa shape index (κ3) is 3.26.